The Kier molecular flexibility index (Phi) is 33.9. The van der Waals surface area contributed by atoms with Crippen molar-refractivity contribution in [2.24, 2.45) is 17.8 Å². The Hall–Kier alpha value is -0.343. The zero-order chi connectivity index (χ0) is 23.9. The van der Waals surface area contributed by atoms with Crippen molar-refractivity contribution in [3.63, 3.8) is 0 Å². The topological polar surface area (TPSA) is 120 Å². The van der Waals surface area contributed by atoms with Gasteiger partial charge >= 0.3 is 37.3 Å². The van der Waals surface area contributed by atoms with Crippen LogP contribution in [0.15, 0.2) is 0 Å². The molecule has 0 aromatic rings. The first kappa shape index (κ1) is 37.9. The Bertz CT molecular complexity index is 366. The van der Waals surface area contributed by atoms with Gasteiger partial charge in [-0.3, -0.25) is 0 Å². The van der Waals surface area contributed by atoms with Crippen LogP contribution in [0.3, 0.4) is 0 Å². The van der Waals surface area contributed by atoms with Crippen molar-refractivity contribution in [3.05, 3.63) is 0 Å². The first-order chi connectivity index (χ1) is 14.2. The molecule has 0 amide bonds. The zero-order valence-corrected chi connectivity index (χ0v) is 22.3. The van der Waals surface area contributed by atoms with Crippen LogP contribution in [-0.2, 0) is 14.4 Å². The maximum absolute atomic E-state index is 10.3. The quantitative estimate of drug-likeness (QED) is 0.287. The Labute approximate surface area is 220 Å². The van der Waals surface area contributed by atoms with E-state index in [4.69, 9.17) is 0 Å². The smallest absolute Gasteiger partial charge is 0.550 e. The Morgan fingerprint density at radius 3 is 0.806 bits per heavy atom. The summed E-state index contributed by atoms with van der Waals surface area (Å²) in [6, 6.07) is 0. The maximum atomic E-state index is 10.3. The summed E-state index contributed by atoms with van der Waals surface area (Å²) >= 11 is 0. The van der Waals surface area contributed by atoms with Crippen molar-refractivity contribution in [1.29, 1.82) is 0 Å². The van der Waals surface area contributed by atoms with Crippen molar-refractivity contribution in [3.8, 4) is 0 Å². The van der Waals surface area contributed by atoms with E-state index in [0.29, 0.717) is 19.3 Å². The van der Waals surface area contributed by atoms with E-state index in [1.54, 1.807) is 0 Å². The summed E-state index contributed by atoms with van der Waals surface area (Å²) in [5.74, 6) is -3.34. The second-order valence-electron chi connectivity index (χ2n) is 7.70. The van der Waals surface area contributed by atoms with Gasteiger partial charge in [-0.15, -0.1) is 0 Å². The van der Waals surface area contributed by atoms with Gasteiger partial charge in [0.25, 0.3) is 0 Å². The Morgan fingerprint density at radius 2 is 0.710 bits per heavy atom. The summed E-state index contributed by atoms with van der Waals surface area (Å²) in [6.07, 6.45) is 10.6. The van der Waals surface area contributed by atoms with Crippen molar-refractivity contribution in [1.82, 2.24) is 0 Å². The van der Waals surface area contributed by atoms with Crippen molar-refractivity contribution in [2.75, 3.05) is 0 Å². The molecule has 6 nitrogen and oxygen atoms in total. The van der Waals surface area contributed by atoms with Crippen molar-refractivity contribution >= 4 is 17.9 Å². The number of unbranched alkanes of at least 4 members (excludes halogenated alkanes) is 3. The average Bonchev–Trinajstić information content (AvgIpc) is 2.70. The van der Waals surface area contributed by atoms with Crippen LogP contribution in [0.1, 0.15) is 119 Å². The van der Waals surface area contributed by atoms with E-state index >= 15 is 0 Å². The van der Waals surface area contributed by atoms with Crippen LogP contribution >= 0.6 is 0 Å². The molecule has 0 aliphatic carbocycles. The largest absolute Gasteiger partial charge is 3.00 e. The summed E-state index contributed by atoms with van der Waals surface area (Å²) in [6.45, 7) is 11.8. The monoisotopic (exact) mass is 595 g/mol. The van der Waals surface area contributed by atoms with Gasteiger partial charge in [-0.05, 0) is 56.3 Å². The standard InChI is InChI=1S/3C8H16O2.Er/c3*1-3-5-6-7(4-2)8(9)10;/h3*7H,3-6H2,1-2H3,(H,9,10);/q;;;+3/p-3. The number of hydrogen-bond acceptors (Lipinski definition) is 6. The van der Waals surface area contributed by atoms with E-state index in [0.717, 1.165) is 57.8 Å². The van der Waals surface area contributed by atoms with E-state index < -0.39 is 17.9 Å². The summed E-state index contributed by atoms with van der Waals surface area (Å²) in [5, 5.41) is 31.0. The van der Waals surface area contributed by atoms with Gasteiger partial charge < -0.3 is 29.7 Å². The van der Waals surface area contributed by atoms with Gasteiger partial charge in [-0.25, -0.2) is 0 Å². The molecule has 1 radical (unpaired) electrons. The molecule has 0 aromatic carbocycles. The molecule has 0 N–H and O–H groups in total. The predicted octanol–water partition coefficient (Wildman–Crippen LogP) is 2.86. The number of rotatable bonds is 15. The SMILES string of the molecule is CCCCC(CC)C(=O)[O-].CCCCC(CC)C(=O)[O-].CCCCC(CC)C(=O)[O-].[Er+3]. The number of carboxylic acid groups (broad SMARTS) is 3. The van der Waals surface area contributed by atoms with Gasteiger partial charge in [0.05, 0.1) is 0 Å². The van der Waals surface area contributed by atoms with E-state index in [9.17, 15) is 29.7 Å². The summed E-state index contributed by atoms with van der Waals surface area (Å²) in [5.41, 5.74) is 0. The third kappa shape index (κ3) is 25.8. The molecule has 0 aliphatic heterocycles. The minimum Gasteiger partial charge on any atom is -0.550 e. The molecule has 0 aromatic heterocycles. The number of hydrogen-bond donors (Lipinski definition) is 0. The van der Waals surface area contributed by atoms with Crippen LogP contribution in [0.5, 0.6) is 0 Å². The van der Waals surface area contributed by atoms with E-state index in [2.05, 4.69) is 20.8 Å². The predicted molar refractivity (Wildman–Crippen MR) is 115 cm³/mol. The molecule has 0 fully saturated rings. The molecular formula is C24H45ErO6. The van der Waals surface area contributed by atoms with Crippen LogP contribution in [-0.4, -0.2) is 17.9 Å². The van der Waals surface area contributed by atoms with E-state index in [1.807, 2.05) is 20.8 Å². The van der Waals surface area contributed by atoms with Gasteiger partial charge in [-0.2, -0.15) is 0 Å². The third-order valence-electron chi connectivity index (χ3n) is 5.20. The molecular weight excluding hydrogens is 552 g/mol. The number of carbonyl (C=O) groups excluding carboxylic acids is 3. The molecule has 189 valence electrons. The van der Waals surface area contributed by atoms with Gasteiger partial charge in [0.2, 0.25) is 0 Å². The molecule has 0 spiro atoms. The number of carboxylic acids is 3. The van der Waals surface area contributed by atoms with Crippen molar-refractivity contribution in [2.45, 2.75) is 119 Å². The van der Waals surface area contributed by atoms with Gasteiger partial charge in [0, 0.05) is 17.9 Å². The normalized spacial score (nSPS) is 12.6. The summed E-state index contributed by atoms with van der Waals surface area (Å²) < 4.78 is 0. The van der Waals surface area contributed by atoms with Crippen LogP contribution in [0.25, 0.3) is 0 Å². The summed E-state index contributed by atoms with van der Waals surface area (Å²) in [7, 11) is 0. The molecule has 7 heteroatoms. The molecule has 0 bridgehead atoms. The minimum absolute atomic E-state index is 0. The average molecular weight is 597 g/mol. The fourth-order valence-corrected chi connectivity index (χ4v) is 2.82. The van der Waals surface area contributed by atoms with Crippen LogP contribution in [0.2, 0.25) is 0 Å². The fourth-order valence-electron chi connectivity index (χ4n) is 2.82. The van der Waals surface area contributed by atoms with Crippen LogP contribution < -0.4 is 15.3 Å². The maximum Gasteiger partial charge on any atom is 3.00 e. The summed E-state index contributed by atoms with van der Waals surface area (Å²) in [4.78, 5) is 31.0. The second kappa shape index (κ2) is 27.7. The molecule has 0 rings (SSSR count). The fraction of sp³-hybridized carbons (Fsp3) is 0.875. The zero-order valence-electron chi connectivity index (χ0n) is 20.5. The molecule has 31 heavy (non-hydrogen) atoms. The first-order valence-electron chi connectivity index (χ1n) is 11.8. The number of carbonyl (C=O) groups is 3. The molecule has 3 unspecified atom stereocenters. The molecule has 0 aliphatic rings. The van der Waals surface area contributed by atoms with Gasteiger partial charge in [-0.1, -0.05) is 80.1 Å². The van der Waals surface area contributed by atoms with E-state index in [1.165, 1.54) is 0 Å². The molecule has 0 saturated carbocycles. The van der Waals surface area contributed by atoms with Gasteiger partial charge in [0.15, 0.2) is 0 Å². The molecule has 0 heterocycles. The van der Waals surface area contributed by atoms with Crippen LogP contribution in [0.4, 0.5) is 0 Å². The Morgan fingerprint density at radius 1 is 0.516 bits per heavy atom. The van der Waals surface area contributed by atoms with Crippen molar-refractivity contribution < 1.29 is 67.0 Å². The molecule has 3 atom stereocenters. The van der Waals surface area contributed by atoms with Crippen LogP contribution in [0, 0.1) is 55.1 Å². The number of aliphatic carboxylic acids is 3. The van der Waals surface area contributed by atoms with Gasteiger partial charge in [0.1, 0.15) is 0 Å². The minimum atomic E-state index is -0.893. The second-order valence-corrected chi connectivity index (χ2v) is 7.70. The molecule has 0 saturated heterocycles. The Balaban J connectivity index is -0.000000174. The first-order valence-corrected chi connectivity index (χ1v) is 11.8. The third-order valence-corrected chi connectivity index (χ3v) is 5.20. The van der Waals surface area contributed by atoms with E-state index in [-0.39, 0.29) is 55.1 Å².